The number of esters is 1. The van der Waals surface area contributed by atoms with Crippen molar-refractivity contribution < 1.29 is 14.3 Å². The van der Waals surface area contributed by atoms with Gasteiger partial charge < -0.3 is 9.47 Å². The van der Waals surface area contributed by atoms with Gasteiger partial charge in [0, 0.05) is 6.61 Å². The third-order valence-electron chi connectivity index (χ3n) is 3.23. The molecule has 19 heavy (non-hydrogen) atoms. The summed E-state index contributed by atoms with van der Waals surface area (Å²) in [6.07, 6.45) is 1.82. The van der Waals surface area contributed by atoms with Gasteiger partial charge in [0.25, 0.3) is 0 Å². The highest BCUT2D eigenvalue weighted by Crippen LogP contribution is 2.16. The fourth-order valence-electron chi connectivity index (χ4n) is 2.07. The van der Waals surface area contributed by atoms with Gasteiger partial charge in [-0.3, -0.25) is 4.79 Å². The summed E-state index contributed by atoms with van der Waals surface area (Å²) in [5.41, 5.74) is 1.19. The average Bonchev–Trinajstić information content (AvgIpc) is 2.43. The van der Waals surface area contributed by atoms with Crippen molar-refractivity contribution in [3.63, 3.8) is 0 Å². The van der Waals surface area contributed by atoms with Crippen molar-refractivity contribution in [2.24, 2.45) is 11.8 Å². The maximum Gasteiger partial charge on any atom is 0.308 e. The highest BCUT2D eigenvalue weighted by Gasteiger charge is 2.16. The van der Waals surface area contributed by atoms with Crippen LogP contribution in [-0.2, 0) is 20.9 Å². The minimum absolute atomic E-state index is 0.0332. The first kappa shape index (κ1) is 15.7. The number of carbonyl (C=O) groups is 1. The molecule has 0 amide bonds. The Morgan fingerprint density at radius 3 is 2.53 bits per heavy atom. The van der Waals surface area contributed by atoms with Crippen LogP contribution in [-0.4, -0.2) is 19.7 Å². The van der Waals surface area contributed by atoms with Crippen molar-refractivity contribution in [1.29, 1.82) is 0 Å². The highest BCUT2D eigenvalue weighted by molar-refractivity contribution is 5.71. The smallest absolute Gasteiger partial charge is 0.308 e. The van der Waals surface area contributed by atoms with Crippen LogP contribution in [0.4, 0.5) is 0 Å². The third kappa shape index (κ3) is 6.39. The molecule has 2 atom stereocenters. The van der Waals surface area contributed by atoms with Crippen LogP contribution in [0.1, 0.15) is 32.3 Å². The first-order chi connectivity index (χ1) is 9.13. The molecule has 0 aliphatic heterocycles. The van der Waals surface area contributed by atoms with Gasteiger partial charge in [-0.1, -0.05) is 44.2 Å². The summed E-state index contributed by atoms with van der Waals surface area (Å²) in [5, 5.41) is 0. The molecular formula is C16H24O3. The summed E-state index contributed by atoms with van der Waals surface area (Å²) in [6, 6.07) is 10.1. The Balaban J connectivity index is 2.13. The molecule has 0 aromatic heterocycles. The zero-order chi connectivity index (χ0) is 14.1. The molecule has 0 spiro atoms. The lowest BCUT2D eigenvalue weighted by molar-refractivity contribution is -0.145. The van der Waals surface area contributed by atoms with E-state index < -0.39 is 0 Å². The Bertz CT molecular complexity index is 362. The summed E-state index contributed by atoms with van der Waals surface area (Å²) in [4.78, 5) is 11.3. The van der Waals surface area contributed by atoms with Gasteiger partial charge >= 0.3 is 5.97 Å². The lowest BCUT2D eigenvalue weighted by atomic mass is 9.95. The second kappa shape index (κ2) is 8.70. The van der Waals surface area contributed by atoms with Crippen LogP contribution in [0.5, 0.6) is 0 Å². The Morgan fingerprint density at radius 2 is 1.89 bits per heavy atom. The molecule has 106 valence electrons. The van der Waals surface area contributed by atoms with Crippen molar-refractivity contribution in [2.45, 2.75) is 33.3 Å². The molecule has 0 fully saturated rings. The minimum atomic E-state index is -0.128. The average molecular weight is 264 g/mol. The van der Waals surface area contributed by atoms with Gasteiger partial charge in [0.05, 0.1) is 19.6 Å². The monoisotopic (exact) mass is 264 g/mol. The number of methoxy groups -OCH3 is 1. The molecule has 0 bridgehead atoms. The normalized spacial score (nSPS) is 13.8. The van der Waals surface area contributed by atoms with E-state index in [9.17, 15) is 4.79 Å². The Labute approximate surface area is 115 Å². The zero-order valence-electron chi connectivity index (χ0n) is 12.1. The molecule has 0 saturated heterocycles. The Morgan fingerprint density at radius 1 is 1.21 bits per heavy atom. The molecule has 0 radical (unpaired) electrons. The standard InChI is InChI=1S/C16H24O3/c1-13(11-14(2)16(17)18-3)9-10-19-12-15-7-5-4-6-8-15/h4-8,13-14H,9-12H2,1-3H3/t13-,14?/m1/s1. The third-order valence-corrected chi connectivity index (χ3v) is 3.23. The number of benzene rings is 1. The van der Waals surface area contributed by atoms with Gasteiger partial charge in [0.1, 0.15) is 0 Å². The van der Waals surface area contributed by atoms with E-state index in [1.165, 1.54) is 12.7 Å². The molecule has 1 aromatic rings. The zero-order valence-corrected chi connectivity index (χ0v) is 12.1. The van der Waals surface area contributed by atoms with Crippen LogP contribution in [0.15, 0.2) is 30.3 Å². The number of ether oxygens (including phenoxy) is 2. The van der Waals surface area contributed by atoms with Gasteiger partial charge in [-0.15, -0.1) is 0 Å². The van der Waals surface area contributed by atoms with Crippen molar-refractivity contribution in [1.82, 2.24) is 0 Å². The van der Waals surface area contributed by atoms with Crippen LogP contribution in [0.3, 0.4) is 0 Å². The van der Waals surface area contributed by atoms with E-state index in [1.807, 2.05) is 25.1 Å². The summed E-state index contributed by atoms with van der Waals surface area (Å²) in [6.45, 7) is 5.43. The summed E-state index contributed by atoms with van der Waals surface area (Å²) >= 11 is 0. The predicted octanol–water partition coefficient (Wildman–Crippen LogP) is 3.43. The maximum absolute atomic E-state index is 11.3. The van der Waals surface area contributed by atoms with Crippen LogP contribution in [0.2, 0.25) is 0 Å². The minimum Gasteiger partial charge on any atom is -0.469 e. The van der Waals surface area contributed by atoms with Gasteiger partial charge in [-0.05, 0) is 24.3 Å². The molecule has 0 heterocycles. The molecular weight excluding hydrogens is 240 g/mol. The molecule has 1 aromatic carbocycles. The number of carbonyl (C=O) groups excluding carboxylic acids is 1. The lowest BCUT2D eigenvalue weighted by Gasteiger charge is -2.15. The fourth-order valence-corrected chi connectivity index (χ4v) is 2.07. The van der Waals surface area contributed by atoms with Gasteiger partial charge in [0.2, 0.25) is 0 Å². The van der Waals surface area contributed by atoms with Crippen LogP contribution >= 0.6 is 0 Å². The van der Waals surface area contributed by atoms with Crippen molar-refractivity contribution in [2.75, 3.05) is 13.7 Å². The molecule has 1 unspecified atom stereocenters. The van der Waals surface area contributed by atoms with Crippen LogP contribution in [0.25, 0.3) is 0 Å². The van der Waals surface area contributed by atoms with E-state index in [0.717, 1.165) is 19.4 Å². The molecule has 0 N–H and O–H groups in total. The SMILES string of the molecule is COC(=O)C(C)C[C@H](C)CCOCc1ccccc1. The van der Waals surface area contributed by atoms with E-state index in [-0.39, 0.29) is 11.9 Å². The molecule has 0 saturated carbocycles. The molecule has 1 rings (SSSR count). The van der Waals surface area contributed by atoms with Crippen LogP contribution in [0, 0.1) is 11.8 Å². The predicted molar refractivity (Wildman–Crippen MR) is 75.7 cm³/mol. The van der Waals surface area contributed by atoms with Crippen molar-refractivity contribution >= 4 is 5.97 Å². The number of rotatable bonds is 8. The van der Waals surface area contributed by atoms with E-state index >= 15 is 0 Å². The summed E-state index contributed by atoms with van der Waals surface area (Å²) in [5.74, 6) is 0.302. The van der Waals surface area contributed by atoms with E-state index in [2.05, 4.69) is 19.1 Å². The van der Waals surface area contributed by atoms with Gasteiger partial charge in [-0.25, -0.2) is 0 Å². The topological polar surface area (TPSA) is 35.5 Å². The van der Waals surface area contributed by atoms with Gasteiger partial charge in [-0.2, -0.15) is 0 Å². The van der Waals surface area contributed by atoms with E-state index in [1.54, 1.807) is 0 Å². The summed E-state index contributed by atoms with van der Waals surface area (Å²) in [7, 11) is 1.44. The fraction of sp³-hybridized carbons (Fsp3) is 0.562. The molecule has 3 nitrogen and oxygen atoms in total. The first-order valence-corrected chi connectivity index (χ1v) is 6.83. The maximum atomic E-state index is 11.3. The molecule has 0 aliphatic rings. The second-order valence-electron chi connectivity index (χ2n) is 5.09. The largest absolute Gasteiger partial charge is 0.469 e. The van der Waals surface area contributed by atoms with Crippen molar-refractivity contribution in [3.8, 4) is 0 Å². The lowest BCUT2D eigenvalue weighted by Crippen LogP contribution is -2.16. The Kier molecular flexibility index (Phi) is 7.19. The van der Waals surface area contributed by atoms with E-state index in [4.69, 9.17) is 9.47 Å². The molecule has 0 aliphatic carbocycles. The highest BCUT2D eigenvalue weighted by atomic mass is 16.5. The number of hydrogen-bond donors (Lipinski definition) is 0. The summed E-state index contributed by atoms with van der Waals surface area (Å²) < 4.78 is 10.4. The van der Waals surface area contributed by atoms with Gasteiger partial charge in [0.15, 0.2) is 0 Å². The van der Waals surface area contributed by atoms with Crippen molar-refractivity contribution in [3.05, 3.63) is 35.9 Å². The molecule has 3 heteroatoms. The van der Waals surface area contributed by atoms with E-state index in [0.29, 0.717) is 12.5 Å². The first-order valence-electron chi connectivity index (χ1n) is 6.83. The number of hydrogen-bond acceptors (Lipinski definition) is 3. The second-order valence-corrected chi connectivity index (χ2v) is 5.09. The van der Waals surface area contributed by atoms with Crippen LogP contribution < -0.4 is 0 Å². The Hall–Kier alpha value is -1.35. The quantitative estimate of drug-likeness (QED) is 0.533.